The predicted octanol–water partition coefficient (Wildman–Crippen LogP) is 3.01. The van der Waals surface area contributed by atoms with Gasteiger partial charge in [0.2, 0.25) is 11.8 Å². The van der Waals surface area contributed by atoms with Crippen molar-refractivity contribution < 1.29 is 23.9 Å². The number of hydrogen-bond acceptors (Lipinski definition) is 6. The van der Waals surface area contributed by atoms with Crippen molar-refractivity contribution in [1.29, 1.82) is 0 Å². The molecular weight excluding hydrogens is 472 g/mol. The van der Waals surface area contributed by atoms with Crippen molar-refractivity contribution in [2.24, 2.45) is 11.8 Å². The lowest BCUT2D eigenvalue weighted by atomic mass is 10.0. The molecule has 1 aliphatic heterocycles. The Hall–Kier alpha value is -3.46. The van der Waals surface area contributed by atoms with Crippen molar-refractivity contribution >= 4 is 23.4 Å². The fraction of sp³-hybridized carbons (Fsp3) is 0.500. The van der Waals surface area contributed by atoms with Crippen LogP contribution in [0.3, 0.4) is 0 Å². The number of fused-ring (bicyclic) bond motifs is 1. The number of nitrogens with zero attached hydrogens (tertiary/aromatic N) is 3. The number of nitrogens with one attached hydrogen (secondary N) is 1. The fourth-order valence-electron chi connectivity index (χ4n) is 4.55. The van der Waals surface area contributed by atoms with Crippen molar-refractivity contribution in [2.45, 2.75) is 45.3 Å². The van der Waals surface area contributed by atoms with Gasteiger partial charge in [0.25, 0.3) is 5.91 Å². The van der Waals surface area contributed by atoms with E-state index >= 15 is 0 Å². The first-order chi connectivity index (χ1) is 17.8. The van der Waals surface area contributed by atoms with Crippen LogP contribution in [0.25, 0.3) is 0 Å². The summed E-state index contributed by atoms with van der Waals surface area (Å²) in [5.74, 6) is 0.125. The molecule has 0 spiro atoms. The second-order valence-electron chi connectivity index (χ2n) is 10.1. The van der Waals surface area contributed by atoms with Crippen LogP contribution in [-0.2, 0) is 20.7 Å². The lowest BCUT2D eigenvalue weighted by molar-refractivity contribution is -0.134. The minimum atomic E-state index is -0.284. The lowest BCUT2D eigenvalue weighted by Gasteiger charge is -2.36. The van der Waals surface area contributed by atoms with Gasteiger partial charge in [-0.1, -0.05) is 13.0 Å². The van der Waals surface area contributed by atoms with Crippen LogP contribution in [0.5, 0.6) is 5.75 Å². The standard InChI is InChI=1S/C28H36N4O5/c1-18-15-32(26(33)14-21-7-5-6-12-29-21)19(2)17-37-24-11-10-22(30-27(34)20-8-9-20)13-23(24)28(35)31(3)16-25(18)36-4/h5-7,10-13,18-20,25H,8-9,14-17H2,1-4H3,(H,30,34)/t18-,19-,25+/m0/s1. The molecule has 2 heterocycles. The summed E-state index contributed by atoms with van der Waals surface area (Å²) in [5, 5.41) is 2.91. The molecule has 3 atom stereocenters. The second kappa shape index (κ2) is 11.7. The van der Waals surface area contributed by atoms with Gasteiger partial charge in [-0.25, -0.2) is 0 Å². The highest BCUT2D eigenvalue weighted by molar-refractivity contribution is 6.00. The number of carbonyl (C=O) groups excluding carboxylic acids is 3. The van der Waals surface area contributed by atoms with E-state index in [1.165, 1.54) is 0 Å². The maximum absolute atomic E-state index is 13.5. The van der Waals surface area contributed by atoms with Gasteiger partial charge in [0.15, 0.2) is 0 Å². The number of ether oxygens (including phenoxy) is 2. The zero-order chi connectivity index (χ0) is 26.5. The first-order valence-corrected chi connectivity index (χ1v) is 12.8. The SMILES string of the molecule is CO[C@@H]1CN(C)C(=O)c2cc(NC(=O)C3CC3)ccc2OC[C@H](C)N(C(=O)Cc2ccccn2)C[C@@H]1C. The minimum absolute atomic E-state index is 0.0289. The average molecular weight is 509 g/mol. The van der Waals surface area contributed by atoms with Crippen molar-refractivity contribution in [1.82, 2.24) is 14.8 Å². The monoisotopic (exact) mass is 508 g/mol. The van der Waals surface area contributed by atoms with Crippen LogP contribution in [0, 0.1) is 11.8 Å². The molecule has 0 saturated heterocycles. The summed E-state index contributed by atoms with van der Waals surface area (Å²) in [5.41, 5.74) is 1.63. The molecule has 2 aliphatic rings. The summed E-state index contributed by atoms with van der Waals surface area (Å²) in [6.07, 6.45) is 3.37. The van der Waals surface area contributed by atoms with Gasteiger partial charge >= 0.3 is 0 Å². The van der Waals surface area contributed by atoms with E-state index < -0.39 is 0 Å². The summed E-state index contributed by atoms with van der Waals surface area (Å²) < 4.78 is 11.9. The molecule has 37 heavy (non-hydrogen) atoms. The van der Waals surface area contributed by atoms with Gasteiger partial charge < -0.3 is 24.6 Å². The smallest absolute Gasteiger partial charge is 0.257 e. The molecule has 0 bridgehead atoms. The van der Waals surface area contributed by atoms with Gasteiger partial charge in [0.05, 0.1) is 24.1 Å². The third-order valence-corrected chi connectivity index (χ3v) is 7.04. The van der Waals surface area contributed by atoms with Gasteiger partial charge in [-0.3, -0.25) is 19.4 Å². The third-order valence-electron chi connectivity index (χ3n) is 7.04. The van der Waals surface area contributed by atoms with E-state index in [1.807, 2.05) is 36.9 Å². The van der Waals surface area contributed by atoms with Crippen LogP contribution < -0.4 is 10.1 Å². The number of aromatic nitrogens is 1. The second-order valence-corrected chi connectivity index (χ2v) is 10.1. The Balaban J connectivity index is 1.61. The Morgan fingerprint density at radius 1 is 1.16 bits per heavy atom. The highest BCUT2D eigenvalue weighted by Crippen LogP contribution is 2.31. The molecule has 198 valence electrons. The van der Waals surface area contributed by atoms with E-state index in [9.17, 15) is 14.4 Å². The lowest BCUT2D eigenvalue weighted by Crippen LogP contribution is -2.49. The van der Waals surface area contributed by atoms with E-state index in [-0.39, 0.29) is 54.7 Å². The number of methoxy groups -OCH3 is 1. The minimum Gasteiger partial charge on any atom is -0.491 e. The molecule has 1 saturated carbocycles. The average Bonchev–Trinajstić information content (AvgIpc) is 3.74. The summed E-state index contributed by atoms with van der Waals surface area (Å²) in [6, 6.07) is 10.4. The molecule has 0 radical (unpaired) electrons. The van der Waals surface area contributed by atoms with E-state index in [0.717, 1.165) is 12.8 Å². The number of anilines is 1. The number of pyridine rings is 1. The molecule has 9 heteroatoms. The van der Waals surface area contributed by atoms with Gasteiger partial charge in [-0.15, -0.1) is 0 Å². The van der Waals surface area contributed by atoms with Crippen LogP contribution in [0.2, 0.25) is 0 Å². The normalized spacial score (nSPS) is 22.8. The van der Waals surface area contributed by atoms with E-state index in [0.29, 0.717) is 35.8 Å². The van der Waals surface area contributed by atoms with Crippen molar-refractivity contribution in [3.8, 4) is 5.75 Å². The maximum Gasteiger partial charge on any atom is 0.257 e. The quantitative estimate of drug-likeness (QED) is 0.666. The molecule has 2 aromatic rings. The van der Waals surface area contributed by atoms with Crippen molar-refractivity contribution in [2.75, 3.05) is 39.2 Å². The van der Waals surface area contributed by atoms with Crippen LogP contribution >= 0.6 is 0 Å². The molecule has 0 unspecified atom stereocenters. The highest BCUT2D eigenvalue weighted by atomic mass is 16.5. The Morgan fingerprint density at radius 2 is 1.95 bits per heavy atom. The molecule has 1 N–H and O–H groups in total. The third kappa shape index (κ3) is 6.65. The van der Waals surface area contributed by atoms with E-state index in [4.69, 9.17) is 9.47 Å². The molecule has 1 aliphatic carbocycles. The Kier molecular flexibility index (Phi) is 8.43. The maximum atomic E-state index is 13.5. The number of likely N-dealkylation sites (N-methyl/N-ethyl adjacent to an activating group) is 1. The Morgan fingerprint density at radius 3 is 2.62 bits per heavy atom. The summed E-state index contributed by atoms with van der Waals surface area (Å²) in [4.78, 5) is 46.9. The summed E-state index contributed by atoms with van der Waals surface area (Å²) in [6.45, 7) is 4.96. The zero-order valence-corrected chi connectivity index (χ0v) is 22.0. The molecule has 1 aromatic carbocycles. The fourth-order valence-corrected chi connectivity index (χ4v) is 4.55. The van der Waals surface area contributed by atoms with Crippen LogP contribution in [-0.4, -0.2) is 78.5 Å². The van der Waals surface area contributed by atoms with Crippen molar-refractivity contribution in [3.05, 3.63) is 53.9 Å². The zero-order valence-electron chi connectivity index (χ0n) is 22.0. The Labute approximate surface area is 218 Å². The van der Waals surface area contributed by atoms with Crippen LogP contribution in [0.15, 0.2) is 42.6 Å². The first kappa shape index (κ1) is 26.6. The molecule has 9 nitrogen and oxygen atoms in total. The number of amides is 3. The molecule has 1 fully saturated rings. The van der Waals surface area contributed by atoms with Crippen LogP contribution in [0.4, 0.5) is 5.69 Å². The molecule has 1 aromatic heterocycles. The number of carbonyl (C=O) groups is 3. The Bertz CT molecular complexity index is 1120. The van der Waals surface area contributed by atoms with Gasteiger partial charge in [-0.05, 0) is 50.1 Å². The van der Waals surface area contributed by atoms with E-state index in [2.05, 4.69) is 10.3 Å². The predicted molar refractivity (Wildman–Crippen MR) is 139 cm³/mol. The first-order valence-electron chi connectivity index (χ1n) is 12.8. The number of rotatable bonds is 5. The highest BCUT2D eigenvalue weighted by Gasteiger charge is 2.32. The van der Waals surface area contributed by atoms with Gasteiger partial charge in [0.1, 0.15) is 12.4 Å². The van der Waals surface area contributed by atoms with Crippen LogP contribution in [0.1, 0.15) is 42.7 Å². The topological polar surface area (TPSA) is 101 Å². The number of hydrogen-bond donors (Lipinski definition) is 1. The number of benzene rings is 1. The van der Waals surface area contributed by atoms with E-state index in [1.54, 1.807) is 43.5 Å². The van der Waals surface area contributed by atoms with Gasteiger partial charge in [-0.2, -0.15) is 0 Å². The molecule has 3 amide bonds. The molecule has 4 rings (SSSR count). The summed E-state index contributed by atoms with van der Waals surface area (Å²) >= 11 is 0. The largest absolute Gasteiger partial charge is 0.491 e. The van der Waals surface area contributed by atoms with Crippen molar-refractivity contribution in [3.63, 3.8) is 0 Å². The van der Waals surface area contributed by atoms with Gasteiger partial charge in [0, 0.05) is 56.7 Å². The summed E-state index contributed by atoms with van der Waals surface area (Å²) in [7, 11) is 3.34. The molecular formula is C28H36N4O5.